The fraction of sp³-hybridized carbons (Fsp3) is 0.571. The third-order valence-corrected chi connectivity index (χ3v) is 5.32. The fourth-order valence-corrected chi connectivity index (χ4v) is 4.12. The monoisotopic (exact) mass is 298 g/mol. The van der Waals surface area contributed by atoms with E-state index in [-0.39, 0.29) is 11.9 Å². The quantitative estimate of drug-likeness (QED) is 0.838. The topological polar surface area (TPSA) is 72.6 Å². The van der Waals surface area contributed by atoms with Crippen LogP contribution in [0.25, 0.3) is 0 Å². The molecule has 20 heavy (non-hydrogen) atoms. The van der Waals surface area contributed by atoms with Crippen LogP contribution in [0.1, 0.15) is 25.3 Å². The molecule has 1 aromatic carbocycles. The van der Waals surface area contributed by atoms with E-state index >= 15 is 0 Å². The van der Waals surface area contributed by atoms with Crippen molar-refractivity contribution in [2.24, 2.45) is 0 Å². The van der Waals surface area contributed by atoms with Gasteiger partial charge in [0.25, 0.3) is 0 Å². The number of piperidine rings is 1. The van der Waals surface area contributed by atoms with Gasteiger partial charge in [-0.25, -0.2) is 8.42 Å². The molecule has 1 aromatic rings. The van der Waals surface area contributed by atoms with Gasteiger partial charge in [-0.1, -0.05) is 18.2 Å². The van der Waals surface area contributed by atoms with Crippen molar-refractivity contribution in [1.29, 1.82) is 0 Å². The summed E-state index contributed by atoms with van der Waals surface area (Å²) in [7, 11) is -3.34. The summed E-state index contributed by atoms with van der Waals surface area (Å²) in [6, 6.07) is 7.10. The van der Waals surface area contributed by atoms with E-state index in [2.05, 4.69) is 0 Å². The first-order valence-corrected chi connectivity index (χ1v) is 8.56. The third-order valence-electron chi connectivity index (χ3n) is 3.53. The van der Waals surface area contributed by atoms with Crippen molar-refractivity contribution in [3.8, 4) is 0 Å². The van der Waals surface area contributed by atoms with E-state index in [9.17, 15) is 8.42 Å². The smallest absolute Gasteiger partial charge is 0.218 e. The lowest BCUT2D eigenvalue weighted by molar-refractivity contribution is 0.0264. The molecule has 112 valence electrons. The molecule has 0 spiro atoms. The van der Waals surface area contributed by atoms with Gasteiger partial charge in [-0.3, -0.25) is 0 Å². The van der Waals surface area contributed by atoms with E-state index in [1.807, 2.05) is 6.92 Å². The van der Waals surface area contributed by atoms with Crippen molar-refractivity contribution in [1.82, 2.24) is 4.31 Å². The predicted molar refractivity (Wildman–Crippen MR) is 79.7 cm³/mol. The molecule has 6 heteroatoms. The van der Waals surface area contributed by atoms with Gasteiger partial charge in [-0.15, -0.1) is 0 Å². The maximum atomic E-state index is 12.5. The highest BCUT2D eigenvalue weighted by Gasteiger charge is 2.29. The van der Waals surface area contributed by atoms with Crippen LogP contribution in [0.5, 0.6) is 0 Å². The van der Waals surface area contributed by atoms with Crippen LogP contribution in [0.4, 0.5) is 5.69 Å². The van der Waals surface area contributed by atoms with Crippen LogP contribution in [0.2, 0.25) is 0 Å². The number of anilines is 1. The minimum absolute atomic E-state index is 0.0108. The molecule has 0 aromatic heterocycles. The van der Waals surface area contributed by atoms with E-state index < -0.39 is 10.0 Å². The summed E-state index contributed by atoms with van der Waals surface area (Å²) in [5, 5.41) is 0. The number of hydrogen-bond donors (Lipinski definition) is 1. The molecule has 0 aliphatic carbocycles. The van der Waals surface area contributed by atoms with E-state index in [1.165, 1.54) is 4.31 Å². The minimum atomic E-state index is -3.34. The summed E-state index contributed by atoms with van der Waals surface area (Å²) in [5.41, 5.74) is 7.01. The lowest BCUT2D eigenvalue weighted by Crippen LogP contribution is -2.43. The first-order chi connectivity index (χ1) is 9.53. The molecule has 1 saturated heterocycles. The van der Waals surface area contributed by atoms with Crippen molar-refractivity contribution < 1.29 is 13.2 Å². The van der Waals surface area contributed by atoms with E-state index in [1.54, 1.807) is 24.3 Å². The van der Waals surface area contributed by atoms with E-state index in [0.29, 0.717) is 30.9 Å². The maximum absolute atomic E-state index is 12.5. The Labute approximate surface area is 120 Å². The molecular formula is C14H22N2O3S. The zero-order valence-corrected chi connectivity index (χ0v) is 12.6. The van der Waals surface area contributed by atoms with Crippen LogP contribution < -0.4 is 5.73 Å². The number of hydrogen-bond acceptors (Lipinski definition) is 4. The van der Waals surface area contributed by atoms with Gasteiger partial charge in [0.15, 0.2) is 0 Å². The van der Waals surface area contributed by atoms with Gasteiger partial charge in [0.05, 0.1) is 11.9 Å². The third kappa shape index (κ3) is 3.71. The Balaban J connectivity index is 2.08. The van der Waals surface area contributed by atoms with Crippen LogP contribution in [-0.4, -0.2) is 38.5 Å². The normalized spacial score (nSPS) is 20.9. The van der Waals surface area contributed by atoms with Gasteiger partial charge in [0.2, 0.25) is 10.0 Å². The van der Waals surface area contributed by atoms with Gasteiger partial charge in [-0.2, -0.15) is 4.31 Å². The molecule has 1 aliphatic heterocycles. The molecule has 2 rings (SSSR count). The molecule has 5 nitrogen and oxygen atoms in total. The Bertz CT molecular complexity index is 543. The summed E-state index contributed by atoms with van der Waals surface area (Å²) >= 11 is 0. The number of nitrogens with zero attached hydrogens (tertiary/aromatic N) is 1. The number of rotatable bonds is 5. The second-order valence-corrected chi connectivity index (χ2v) is 7.00. The molecule has 0 radical (unpaired) electrons. The number of para-hydroxylation sites is 1. The van der Waals surface area contributed by atoms with Gasteiger partial charge in [0, 0.05) is 25.4 Å². The maximum Gasteiger partial charge on any atom is 0.218 e. The van der Waals surface area contributed by atoms with Gasteiger partial charge in [0.1, 0.15) is 0 Å². The molecule has 0 saturated carbocycles. The van der Waals surface area contributed by atoms with Crippen molar-refractivity contribution in [2.45, 2.75) is 31.6 Å². The van der Waals surface area contributed by atoms with Crippen molar-refractivity contribution in [2.75, 3.05) is 25.4 Å². The van der Waals surface area contributed by atoms with Crippen molar-refractivity contribution in [3.63, 3.8) is 0 Å². The zero-order valence-electron chi connectivity index (χ0n) is 11.8. The first kappa shape index (κ1) is 15.3. The average molecular weight is 298 g/mol. The number of sulfonamides is 1. The highest BCUT2D eigenvalue weighted by molar-refractivity contribution is 7.88. The Morgan fingerprint density at radius 3 is 2.85 bits per heavy atom. The largest absolute Gasteiger partial charge is 0.398 e. The van der Waals surface area contributed by atoms with Crippen LogP contribution in [-0.2, 0) is 20.5 Å². The van der Waals surface area contributed by atoms with Crippen LogP contribution in [0, 0.1) is 0 Å². The minimum Gasteiger partial charge on any atom is -0.398 e. The lowest BCUT2D eigenvalue weighted by atomic mass is 10.1. The number of nitrogens with two attached hydrogens (primary N) is 1. The standard InChI is InChI=1S/C14H22N2O3S/c1-2-19-13-7-5-9-16(10-13)20(17,18)11-12-6-3-4-8-14(12)15/h3-4,6,8,13H,2,5,7,9-11,15H2,1H3. The van der Waals surface area contributed by atoms with Gasteiger partial charge in [-0.05, 0) is 31.4 Å². The highest BCUT2D eigenvalue weighted by atomic mass is 32.2. The molecule has 0 amide bonds. The number of benzene rings is 1. The molecule has 1 unspecified atom stereocenters. The van der Waals surface area contributed by atoms with Gasteiger partial charge >= 0.3 is 0 Å². The highest BCUT2D eigenvalue weighted by Crippen LogP contribution is 2.21. The Morgan fingerprint density at radius 1 is 1.40 bits per heavy atom. The van der Waals surface area contributed by atoms with Gasteiger partial charge < -0.3 is 10.5 Å². The average Bonchev–Trinajstić information content (AvgIpc) is 2.42. The molecule has 1 heterocycles. The van der Waals surface area contributed by atoms with E-state index in [0.717, 1.165) is 12.8 Å². The second-order valence-electron chi connectivity index (χ2n) is 5.03. The Hall–Kier alpha value is -1.11. The zero-order chi connectivity index (χ0) is 14.6. The summed E-state index contributed by atoms with van der Waals surface area (Å²) in [6.07, 6.45) is 1.78. The molecule has 1 fully saturated rings. The summed E-state index contributed by atoms with van der Waals surface area (Å²) in [6.45, 7) is 3.56. The first-order valence-electron chi connectivity index (χ1n) is 6.95. The predicted octanol–water partition coefficient (Wildman–Crippen LogP) is 1.60. The summed E-state index contributed by atoms with van der Waals surface area (Å²) < 4.78 is 32.0. The van der Waals surface area contributed by atoms with Crippen LogP contribution in [0.15, 0.2) is 24.3 Å². The Morgan fingerprint density at radius 2 is 2.15 bits per heavy atom. The molecule has 0 bridgehead atoms. The second kappa shape index (κ2) is 6.56. The molecule has 2 N–H and O–H groups in total. The SMILES string of the molecule is CCOC1CCCN(S(=O)(=O)Cc2ccccc2N)C1. The van der Waals surface area contributed by atoms with Crippen molar-refractivity contribution >= 4 is 15.7 Å². The van der Waals surface area contributed by atoms with Crippen LogP contribution in [0.3, 0.4) is 0 Å². The molecule has 1 atom stereocenters. The Kier molecular flexibility index (Phi) is 5.01. The fourth-order valence-electron chi connectivity index (χ4n) is 2.48. The van der Waals surface area contributed by atoms with E-state index in [4.69, 9.17) is 10.5 Å². The van der Waals surface area contributed by atoms with Crippen molar-refractivity contribution in [3.05, 3.63) is 29.8 Å². The molecular weight excluding hydrogens is 276 g/mol. The lowest BCUT2D eigenvalue weighted by Gasteiger charge is -2.31. The summed E-state index contributed by atoms with van der Waals surface area (Å²) in [5.74, 6) is -0.0431. The van der Waals surface area contributed by atoms with Crippen LogP contribution >= 0.6 is 0 Å². The number of ether oxygens (including phenoxy) is 1. The number of nitrogen functional groups attached to an aromatic ring is 1. The summed E-state index contributed by atoms with van der Waals surface area (Å²) in [4.78, 5) is 0. The molecule has 1 aliphatic rings.